The van der Waals surface area contributed by atoms with Crippen molar-refractivity contribution >= 4 is 0 Å². The van der Waals surface area contributed by atoms with Crippen LogP contribution in [0.3, 0.4) is 0 Å². The molecule has 0 aliphatic carbocycles. The summed E-state index contributed by atoms with van der Waals surface area (Å²) >= 11 is 0. The van der Waals surface area contributed by atoms with Gasteiger partial charge in [0.1, 0.15) is 0 Å². The van der Waals surface area contributed by atoms with Gasteiger partial charge in [-0.15, -0.1) is 0 Å². The van der Waals surface area contributed by atoms with E-state index in [-0.39, 0.29) is 0 Å². The molecular formula is C35H72. The smallest absolute Gasteiger partial charge is 0.0311 e. The Morgan fingerprint density at radius 1 is 0.514 bits per heavy atom. The van der Waals surface area contributed by atoms with E-state index in [1.165, 1.54) is 51.4 Å². The Labute approximate surface area is 225 Å². The van der Waals surface area contributed by atoms with Crippen molar-refractivity contribution in [3.05, 3.63) is 0 Å². The van der Waals surface area contributed by atoms with E-state index < -0.39 is 0 Å². The third kappa shape index (κ3) is 11.1. The minimum atomic E-state index is 0.382. The topological polar surface area (TPSA) is 0 Å². The summed E-state index contributed by atoms with van der Waals surface area (Å²) in [5.74, 6) is 9.11. The third-order valence-corrected chi connectivity index (χ3v) is 10.8. The fraction of sp³-hybridized carbons (Fsp3) is 1.00. The predicted molar refractivity (Wildman–Crippen MR) is 163 cm³/mol. The van der Waals surface area contributed by atoms with Crippen LogP contribution < -0.4 is 0 Å². The number of rotatable bonds is 18. The average molecular weight is 493 g/mol. The van der Waals surface area contributed by atoms with Crippen molar-refractivity contribution in [3.63, 3.8) is 0 Å². The maximum atomic E-state index is 2.62. The summed E-state index contributed by atoms with van der Waals surface area (Å²) in [6.07, 6.45) is 11.0. The van der Waals surface area contributed by atoms with Crippen molar-refractivity contribution in [1.82, 2.24) is 0 Å². The maximum Gasteiger partial charge on any atom is -0.0311 e. The van der Waals surface area contributed by atoms with Gasteiger partial charge in [0.05, 0.1) is 0 Å². The Kier molecular flexibility index (Phi) is 16.8. The first-order chi connectivity index (χ1) is 16.2. The van der Waals surface area contributed by atoms with Gasteiger partial charge >= 0.3 is 0 Å². The van der Waals surface area contributed by atoms with Crippen LogP contribution in [-0.2, 0) is 0 Å². The average Bonchev–Trinajstić information content (AvgIpc) is 2.77. The highest BCUT2D eigenvalue weighted by Gasteiger charge is 2.39. The molecule has 0 aromatic carbocycles. The van der Waals surface area contributed by atoms with Crippen LogP contribution in [0.15, 0.2) is 0 Å². The zero-order valence-corrected chi connectivity index (χ0v) is 27.5. The van der Waals surface area contributed by atoms with E-state index in [0.717, 1.165) is 65.1 Å². The van der Waals surface area contributed by atoms with E-state index in [4.69, 9.17) is 0 Å². The highest BCUT2D eigenvalue weighted by molar-refractivity contribution is 4.88. The SMILES string of the molecule is CCC(CCCC(C)C)C(C)C(C)C(C)C(CC)CC(CC)C(C)C(CC)C(C(C)C)C(C)(C)C. The van der Waals surface area contributed by atoms with Gasteiger partial charge in [-0.3, -0.25) is 0 Å². The van der Waals surface area contributed by atoms with Gasteiger partial charge < -0.3 is 0 Å². The van der Waals surface area contributed by atoms with Gasteiger partial charge in [0, 0.05) is 0 Å². The minimum absolute atomic E-state index is 0.382. The quantitative estimate of drug-likeness (QED) is 0.178. The van der Waals surface area contributed by atoms with Crippen LogP contribution in [0.2, 0.25) is 0 Å². The van der Waals surface area contributed by atoms with E-state index in [1.54, 1.807) is 0 Å². The molecule has 0 nitrogen and oxygen atoms in total. The summed E-state index contributed by atoms with van der Waals surface area (Å²) in [6, 6.07) is 0. The molecule has 0 aliphatic rings. The van der Waals surface area contributed by atoms with Crippen LogP contribution in [0, 0.1) is 70.5 Å². The van der Waals surface area contributed by atoms with Crippen molar-refractivity contribution in [3.8, 4) is 0 Å². The molecule has 0 heterocycles. The summed E-state index contributed by atoms with van der Waals surface area (Å²) in [5, 5.41) is 0. The predicted octanol–water partition coefficient (Wildman–Crippen LogP) is 12.2. The highest BCUT2D eigenvalue weighted by Crippen LogP contribution is 2.47. The summed E-state index contributed by atoms with van der Waals surface area (Å²) in [5.41, 5.74) is 0.382. The molecule has 0 saturated heterocycles. The second-order valence-corrected chi connectivity index (χ2v) is 14.7. The molecule has 0 fully saturated rings. The van der Waals surface area contributed by atoms with Crippen LogP contribution in [0.4, 0.5) is 0 Å². The van der Waals surface area contributed by atoms with Crippen LogP contribution >= 0.6 is 0 Å². The van der Waals surface area contributed by atoms with Gasteiger partial charge in [0.25, 0.3) is 0 Å². The molecule has 9 atom stereocenters. The molecule has 9 unspecified atom stereocenters. The second-order valence-electron chi connectivity index (χ2n) is 14.7. The number of hydrogen-bond donors (Lipinski definition) is 0. The molecule has 35 heavy (non-hydrogen) atoms. The van der Waals surface area contributed by atoms with Crippen molar-refractivity contribution in [2.45, 2.75) is 155 Å². The third-order valence-electron chi connectivity index (χ3n) is 10.8. The standard InChI is InChI=1S/C35H72/c1-16-30(22-20-21-24(5)6)27(10)26(9)28(11)31(17-2)23-32(18-3)29(12)33(19-4)34(25(7)8)35(13,14)15/h24-34H,16-23H2,1-15H3. The molecule has 0 spiro atoms. The Morgan fingerprint density at radius 3 is 1.34 bits per heavy atom. The van der Waals surface area contributed by atoms with Gasteiger partial charge in [-0.25, -0.2) is 0 Å². The van der Waals surface area contributed by atoms with Gasteiger partial charge in [-0.05, 0) is 76.9 Å². The van der Waals surface area contributed by atoms with E-state index >= 15 is 0 Å². The van der Waals surface area contributed by atoms with Gasteiger partial charge in [-0.1, -0.05) is 149 Å². The van der Waals surface area contributed by atoms with Crippen LogP contribution in [0.25, 0.3) is 0 Å². The zero-order valence-electron chi connectivity index (χ0n) is 27.5. The molecule has 0 radical (unpaired) electrons. The summed E-state index contributed by atoms with van der Waals surface area (Å²) in [6.45, 7) is 37.4. The Balaban J connectivity index is 5.51. The molecule has 0 amide bonds. The van der Waals surface area contributed by atoms with Gasteiger partial charge in [0.15, 0.2) is 0 Å². The van der Waals surface area contributed by atoms with Crippen LogP contribution in [-0.4, -0.2) is 0 Å². The lowest BCUT2D eigenvalue weighted by Gasteiger charge is -2.45. The van der Waals surface area contributed by atoms with E-state index in [9.17, 15) is 0 Å². The van der Waals surface area contributed by atoms with E-state index in [1.807, 2.05) is 0 Å². The van der Waals surface area contributed by atoms with Gasteiger partial charge in [-0.2, -0.15) is 0 Å². The van der Waals surface area contributed by atoms with Crippen molar-refractivity contribution in [1.29, 1.82) is 0 Å². The molecule has 212 valence electrons. The maximum absolute atomic E-state index is 2.62. The Morgan fingerprint density at radius 2 is 0.971 bits per heavy atom. The van der Waals surface area contributed by atoms with E-state index in [2.05, 4.69) is 104 Å². The zero-order chi connectivity index (χ0) is 27.5. The highest BCUT2D eigenvalue weighted by atomic mass is 14.4. The summed E-state index contributed by atoms with van der Waals surface area (Å²) in [7, 11) is 0. The lowest BCUT2D eigenvalue weighted by Crippen LogP contribution is -2.38. The normalized spacial score (nSPS) is 20.8. The first-order valence-electron chi connectivity index (χ1n) is 16.2. The van der Waals surface area contributed by atoms with Crippen LogP contribution in [0.5, 0.6) is 0 Å². The van der Waals surface area contributed by atoms with Crippen molar-refractivity contribution in [2.75, 3.05) is 0 Å². The van der Waals surface area contributed by atoms with Crippen molar-refractivity contribution < 1.29 is 0 Å². The molecule has 0 bridgehead atoms. The first-order valence-corrected chi connectivity index (χ1v) is 16.2. The molecule has 0 heteroatoms. The Hall–Kier alpha value is 0. The van der Waals surface area contributed by atoms with Gasteiger partial charge in [0.2, 0.25) is 0 Å². The molecular weight excluding hydrogens is 420 g/mol. The number of hydrogen-bond acceptors (Lipinski definition) is 0. The fourth-order valence-corrected chi connectivity index (χ4v) is 8.30. The lowest BCUT2D eigenvalue weighted by atomic mass is 9.60. The fourth-order valence-electron chi connectivity index (χ4n) is 8.30. The van der Waals surface area contributed by atoms with E-state index in [0.29, 0.717) is 5.41 Å². The summed E-state index contributed by atoms with van der Waals surface area (Å²) < 4.78 is 0. The van der Waals surface area contributed by atoms with Crippen LogP contribution in [0.1, 0.15) is 155 Å². The minimum Gasteiger partial charge on any atom is -0.0651 e. The summed E-state index contributed by atoms with van der Waals surface area (Å²) in [4.78, 5) is 0. The van der Waals surface area contributed by atoms with Crippen molar-refractivity contribution in [2.24, 2.45) is 70.5 Å². The molecule has 0 aliphatic heterocycles. The first kappa shape index (κ1) is 35.0. The molecule has 0 saturated carbocycles. The molecule has 0 rings (SSSR count). The second kappa shape index (κ2) is 16.8. The lowest BCUT2D eigenvalue weighted by molar-refractivity contribution is 0.0355. The Bertz CT molecular complexity index is 509. The monoisotopic (exact) mass is 493 g/mol. The molecule has 0 aromatic heterocycles. The molecule has 0 aromatic rings. The molecule has 0 N–H and O–H groups in total. The largest absolute Gasteiger partial charge is 0.0651 e.